The Labute approximate surface area is 120 Å². The quantitative estimate of drug-likeness (QED) is 0.860. The molecule has 1 aliphatic rings. The highest BCUT2D eigenvalue weighted by molar-refractivity contribution is 7.90. The number of methoxy groups -OCH3 is 1. The zero-order valence-electron chi connectivity index (χ0n) is 12.2. The van der Waals surface area contributed by atoms with Gasteiger partial charge in [0.1, 0.15) is 0 Å². The van der Waals surface area contributed by atoms with Gasteiger partial charge in [0.2, 0.25) is 0 Å². The van der Waals surface area contributed by atoms with Crippen molar-refractivity contribution in [1.29, 1.82) is 0 Å². The maximum Gasteiger partial charge on any atom is 0.177 e. The van der Waals surface area contributed by atoms with E-state index in [2.05, 4.69) is 11.8 Å². The zero-order valence-corrected chi connectivity index (χ0v) is 13.0. The standard InChI is InChI=1S/C14H22N2O3S/c1-14(19-2)8-5-9-16(10-14)11-6-4-7-12(13(11)15)20(3,17)18/h4,6-7H,5,8-10,15H2,1-3H3. The number of benzene rings is 1. The summed E-state index contributed by atoms with van der Waals surface area (Å²) in [5, 5.41) is 0. The predicted octanol–water partition coefficient (Wildman–Crippen LogP) is 1.68. The van der Waals surface area contributed by atoms with Gasteiger partial charge in [0, 0.05) is 26.5 Å². The van der Waals surface area contributed by atoms with Crippen molar-refractivity contribution in [3.8, 4) is 0 Å². The summed E-state index contributed by atoms with van der Waals surface area (Å²) in [6, 6.07) is 5.15. The topological polar surface area (TPSA) is 72.6 Å². The van der Waals surface area contributed by atoms with Crippen molar-refractivity contribution < 1.29 is 13.2 Å². The molecule has 1 aromatic carbocycles. The van der Waals surface area contributed by atoms with Crippen molar-refractivity contribution in [2.45, 2.75) is 30.3 Å². The van der Waals surface area contributed by atoms with Crippen molar-refractivity contribution >= 4 is 21.2 Å². The van der Waals surface area contributed by atoms with Gasteiger partial charge in [0.05, 0.1) is 21.9 Å². The van der Waals surface area contributed by atoms with E-state index in [0.717, 1.165) is 25.1 Å². The Morgan fingerprint density at radius 1 is 1.40 bits per heavy atom. The Morgan fingerprint density at radius 2 is 2.10 bits per heavy atom. The fraction of sp³-hybridized carbons (Fsp3) is 0.571. The van der Waals surface area contributed by atoms with Crippen LogP contribution in [0.1, 0.15) is 19.8 Å². The Morgan fingerprint density at radius 3 is 2.70 bits per heavy atom. The minimum absolute atomic E-state index is 0.194. The molecule has 1 saturated heterocycles. The van der Waals surface area contributed by atoms with E-state index in [4.69, 9.17) is 10.5 Å². The lowest BCUT2D eigenvalue weighted by atomic mass is 9.94. The van der Waals surface area contributed by atoms with Crippen molar-refractivity contribution in [1.82, 2.24) is 0 Å². The average molecular weight is 298 g/mol. The molecule has 0 amide bonds. The van der Waals surface area contributed by atoms with Crippen LogP contribution < -0.4 is 10.6 Å². The largest absolute Gasteiger partial charge is 0.396 e. The van der Waals surface area contributed by atoms with Crippen molar-refractivity contribution in [2.24, 2.45) is 0 Å². The predicted molar refractivity (Wildman–Crippen MR) is 80.8 cm³/mol. The van der Waals surface area contributed by atoms with Gasteiger partial charge in [-0.05, 0) is 31.9 Å². The smallest absolute Gasteiger partial charge is 0.177 e. The van der Waals surface area contributed by atoms with Crippen LogP contribution in [0.3, 0.4) is 0 Å². The highest BCUT2D eigenvalue weighted by Crippen LogP contribution is 2.34. The Bertz CT molecular complexity index is 600. The van der Waals surface area contributed by atoms with E-state index in [1.165, 1.54) is 6.26 Å². The lowest BCUT2D eigenvalue weighted by molar-refractivity contribution is -0.00462. The third-order valence-electron chi connectivity index (χ3n) is 3.94. The van der Waals surface area contributed by atoms with Crippen LogP contribution in [0.5, 0.6) is 0 Å². The lowest BCUT2D eigenvalue weighted by Crippen LogP contribution is -2.47. The molecule has 0 spiro atoms. The second kappa shape index (κ2) is 5.26. The molecule has 6 heteroatoms. The summed E-state index contributed by atoms with van der Waals surface area (Å²) in [6.07, 6.45) is 3.16. The monoisotopic (exact) mass is 298 g/mol. The summed E-state index contributed by atoms with van der Waals surface area (Å²) in [5.41, 5.74) is 6.96. The molecule has 0 saturated carbocycles. The summed E-state index contributed by atoms with van der Waals surface area (Å²) in [5.74, 6) is 0. The summed E-state index contributed by atoms with van der Waals surface area (Å²) in [4.78, 5) is 2.30. The molecular weight excluding hydrogens is 276 g/mol. The summed E-state index contributed by atoms with van der Waals surface area (Å²) < 4.78 is 29.1. The highest BCUT2D eigenvalue weighted by atomic mass is 32.2. The third-order valence-corrected chi connectivity index (χ3v) is 5.09. The lowest BCUT2D eigenvalue weighted by Gasteiger charge is -2.41. The number of piperidine rings is 1. The molecule has 5 nitrogen and oxygen atoms in total. The minimum atomic E-state index is -3.31. The number of sulfone groups is 1. The van der Waals surface area contributed by atoms with Crippen LogP contribution in [-0.2, 0) is 14.6 Å². The van der Waals surface area contributed by atoms with Gasteiger partial charge in [-0.1, -0.05) is 6.07 Å². The molecule has 1 aliphatic heterocycles. The first-order chi connectivity index (χ1) is 9.27. The number of ether oxygens (including phenoxy) is 1. The molecular formula is C14H22N2O3S. The summed E-state index contributed by atoms with van der Waals surface area (Å²) >= 11 is 0. The SMILES string of the molecule is COC1(C)CCCN(c2cccc(S(C)(=O)=O)c2N)C1. The van der Waals surface area contributed by atoms with Crippen molar-refractivity contribution in [3.05, 3.63) is 18.2 Å². The Kier molecular flexibility index (Phi) is 3.97. The molecule has 1 heterocycles. The molecule has 2 N–H and O–H groups in total. The second-order valence-corrected chi connectivity index (χ2v) is 7.62. The van der Waals surface area contributed by atoms with Gasteiger partial charge in [-0.2, -0.15) is 0 Å². The van der Waals surface area contributed by atoms with Gasteiger partial charge in [-0.15, -0.1) is 0 Å². The van der Waals surface area contributed by atoms with Gasteiger partial charge in [-0.25, -0.2) is 8.42 Å². The first kappa shape index (κ1) is 15.1. The Balaban J connectivity index is 2.39. The second-order valence-electron chi connectivity index (χ2n) is 5.64. The maximum absolute atomic E-state index is 11.7. The average Bonchev–Trinajstić information content (AvgIpc) is 2.37. The van der Waals surface area contributed by atoms with E-state index in [-0.39, 0.29) is 10.5 Å². The fourth-order valence-corrected chi connectivity index (χ4v) is 3.54. The summed E-state index contributed by atoms with van der Waals surface area (Å²) in [6.45, 7) is 3.63. The van der Waals surface area contributed by atoms with Crippen LogP contribution in [0, 0.1) is 0 Å². The van der Waals surface area contributed by atoms with Gasteiger partial charge in [0.15, 0.2) is 9.84 Å². The molecule has 1 fully saturated rings. The minimum Gasteiger partial charge on any atom is -0.396 e. The molecule has 112 valence electrons. The molecule has 20 heavy (non-hydrogen) atoms. The van der Waals surface area contributed by atoms with Gasteiger partial charge in [0.25, 0.3) is 0 Å². The highest BCUT2D eigenvalue weighted by Gasteiger charge is 2.32. The van der Waals surface area contributed by atoms with Crippen LogP contribution in [0.2, 0.25) is 0 Å². The summed E-state index contributed by atoms with van der Waals surface area (Å²) in [7, 11) is -1.60. The number of hydrogen-bond donors (Lipinski definition) is 1. The van der Waals surface area contributed by atoms with Crippen LogP contribution in [0.25, 0.3) is 0 Å². The van der Waals surface area contributed by atoms with Crippen LogP contribution in [-0.4, -0.2) is 40.5 Å². The normalized spacial score (nSPS) is 23.9. The van der Waals surface area contributed by atoms with Crippen LogP contribution in [0.4, 0.5) is 11.4 Å². The molecule has 1 atom stereocenters. The number of anilines is 2. The number of nitrogen functional groups attached to an aromatic ring is 1. The Hall–Kier alpha value is -1.27. The molecule has 0 bridgehead atoms. The molecule has 0 aromatic heterocycles. The number of rotatable bonds is 3. The van der Waals surface area contributed by atoms with Crippen molar-refractivity contribution in [2.75, 3.05) is 37.1 Å². The van der Waals surface area contributed by atoms with E-state index in [1.807, 2.05) is 6.07 Å². The van der Waals surface area contributed by atoms with E-state index >= 15 is 0 Å². The van der Waals surface area contributed by atoms with Crippen LogP contribution in [0.15, 0.2) is 23.1 Å². The van der Waals surface area contributed by atoms with Crippen LogP contribution >= 0.6 is 0 Å². The van der Waals surface area contributed by atoms with Gasteiger partial charge >= 0.3 is 0 Å². The molecule has 1 unspecified atom stereocenters. The number of nitrogens with two attached hydrogens (primary N) is 1. The van der Waals surface area contributed by atoms with E-state index in [0.29, 0.717) is 12.2 Å². The van der Waals surface area contributed by atoms with E-state index in [1.54, 1.807) is 19.2 Å². The molecule has 1 aromatic rings. The van der Waals surface area contributed by atoms with Crippen molar-refractivity contribution in [3.63, 3.8) is 0 Å². The molecule has 0 radical (unpaired) electrons. The first-order valence-electron chi connectivity index (χ1n) is 6.65. The molecule has 0 aliphatic carbocycles. The number of hydrogen-bond acceptors (Lipinski definition) is 5. The maximum atomic E-state index is 11.7. The third kappa shape index (κ3) is 2.91. The zero-order chi connectivity index (χ0) is 15.0. The van der Waals surface area contributed by atoms with E-state index < -0.39 is 9.84 Å². The number of para-hydroxylation sites is 1. The van der Waals surface area contributed by atoms with Gasteiger partial charge < -0.3 is 15.4 Å². The van der Waals surface area contributed by atoms with Gasteiger partial charge in [-0.3, -0.25) is 0 Å². The first-order valence-corrected chi connectivity index (χ1v) is 8.55. The molecule has 2 rings (SSSR count). The number of nitrogens with zero attached hydrogens (tertiary/aromatic N) is 1. The van der Waals surface area contributed by atoms with E-state index in [9.17, 15) is 8.42 Å². The fourth-order valence-electron chi connectivity index (χ4n) is 2.71.